The van der Waals surface area contributed by atoms with Crippen LogP contribution in [0.2, 0.25) is 0 Å². The van der Waals surface area contributed by atoms with E-state index in [9.17, 15) is 4.39 Å². The van der Waals surface area contributed by atoms with Crippen molar-refractivity contribution in [3.8, 4) is 11.8 Å². The molecule has 1 aromatic rings. The highest BCUT2D eigenvalue weighted by molar-refractivity contribution is 9.10. The number of aliphatic hydroxyl groups is 1. The van der Waals surface area contributed by atoms with Crippen LogP contribution in [0, 0.1) is 23.1 Å². The van der Waals surface area contributed by atoms with E-state index in [0.717, 1.165) is 25.7 Å². The van der Waals surface area contributed by atoms with E-state index >= 15 is 0 Å². The third kappa shape index (κ3) is 3.26. The molecular weight excluding hydrogens is 313 g/mol. The van der Waals surface area contributed by atoms with Crippen molar-refractivity contribution in [2.45, 2.75) is 31.8 Å². The smallest absolute Gasteiger partial charge is 0.180 e. The SMILES string of the molecule is N#Cc1ccc(OC2CCC(CO)CC2)c(F)c1Br. The van der Waals surface area contributed by atoms with Crippen LogP contribution in [0.5, 0.6) is 5.75 Å². The maximum atomic E-state index is 14.0. The average molecular weight is 328 g/mol. The summed E-state index contributed by atoms with van der Waals surface area (Å²) in [7, 11) is 0. The Morgan fingerprint density at radius 2 is 2.05 bits per heavy atom. The van der Waals surface area contributed by atoms with E-state index in [0.29, 0.717) is 5.92 Å². The minimum Gasteiger partial charge on any atom is -0.487 e. The molecule has 0 radical (unpaired) electrons. The average Bonchev–Trinajstić information content (AvgIpc) is 2.45. The van der Waals surface area contributed by atoms with Crippen molar-refractivity contribution in [2.24, 2.45) is 5.92 Å². The molecular formula is C14H15BrFNO2. The largest absolute Gasteiger partial charge is 0.487 e. The zero-order chi connectivity index (χ0) is 13.8. The van der Waals surface area contributed by atoms with Crippen LogP contribution < -0.4 is 4.74 Å². The van der Waals surface area contributed by atoms with Crippen LogP contribution in [0.25, 0.3) is 0 Å². The molecule has 1 saturated carbocycles. The summed E-state index contributed by atoms with van der Waals surface area (Å²) in [4.78, 5) is 0. The monoisotopic (exact) mass is 327 g/mol. The molecule has 3 nitrogen and oxygen atoms in total. The van der Waals surface area contributed by atoms with Crippen LogP contribution in [0.3, 0.4) is 0 Å². The second-order valence-corrected chi connectivity index (χ2v) is 5.59. The zero-order valence-corrected chi connectivity index (χ0v) is 12.0. The second kappa shape index (κ2) is 6.36. The Morgan fingerprint density at radius 3 is 2.63 bits per heavy atom. The summed E-state index contributed by atoms with van der Waals surface area (Å²) in [6.45, 7) is 0.212. The van der Waals surface area contributed by atoms with Crippen LogP contribution in [-0.4, -0.2) is 17.8 Å². The first kappa shape index (κ1) is 14.3. The van der Waals surface area contributed by atoms with Gasteiger partial charge in [-0.3, -0.25) is 0 Å². The van der Waals surface area contributed by atoms with E-state index in [1.807, 2.05) is 6.07 Å². The van der Waals surface area contributed by atoms with Gasteiger partial charge >= 0.3 is 0 Å². The highest BCUT2D eigenvalue weighted by Crippen LogP contribution is 2.32. The molecule has 1 fully saturated rings. The fourth-order valence-electron chi connectivity index (χ4n) is 2.32. The number of halogens is 2. The van der Waals surface area contributed by atoms with Gasteiger partial charge in [0.05, 0.1) is 16.1 Å². The number of ether oxygens (including phenoxy) is 1. The van der Waals surface area contributed by atoms with E-state index < -0.39 is 5.82 Å². The molecule has 0 atom stereocenters. The van der Waals surface area contributed by atoms with Gasteiger partial charge in [-0.15, -0.1) is 0 Å². The van der Waals surface area contributed by atoms with E-state index in [4.69, 9.17) is 15.1 Å². The fourth-order valence-corrected chi connectivity index (χ4v) is 2.74. The van der Waals surface area contributed by atoms with Crippen molar-refractivity contribution >= 4 is 15.9 Å². The molecule has 0 aliphatic heterocycles. The Bertz CT molecular complexity index is 493. The molecule has 0 spiro atoms. The number of rotatable bonds is 3. The summed E-state index contributed by atoms with van der Waals surface area (Å²) in [5, 5.41) is 17.9. The summed E-state index contributed by atoms with van der Waals surface area (Å²) < 4.78 is 19.8. The van der Waals surface area contributed by atoms with Crippen molar-refractivity contribution in [1.29, 1.82) is 5.26 Å². The van der Waals surface area contributed by atoms with E-state index in [2.05, 4.69) is 15.9 Å². The number of nitrogens with zero attached hydrogens (tertiary/aromatic N) is 1. The fraction of sp³-hybridized carbons (Fsp3) is 0.500. The summed E-state index contributed by atoms with van der Waals surface area (Å²) in [6.07, 6.45) is 3.43. The van der Waals surface area contributed by atoms with Gasteiger partial charge < -0.3 is 9.84 Å². The maximum absolute atomic E-state index is 14.0. The first-order valence-electron chi connectivity index (χ1n) is 6.31. The van der Waals surface area contributed by atoms with Crippen LogP contribution in [0.4, 0.5) is 4.39 Å². The summed E-state index contributed by atoms with van der Waals surface area (Å²) in [6, 6.07) is 4.95. The van der Waals surface area contributed by atoms with Gasteiger partial charge in [0.15, 0.2) is 11.6 Å². The minimum absolute atomic E-state index is 0.0165. The lowest BCUT2D eigenvalue weighted by Crippen LogP contribution is -2.25. The predicted octanol–water partition coefficient (Wildman–Crippen LogP) is 3.39. The molecule has 5 heteroatoms. The van der Waals surface area contributed by atoms with Gasteiger partial charge in [-0.05, 0) is 59.7 Å². The first-order valence-corrected chi connectivity index (χ1v) is 7.10. The Kier molecular flexibility index (Phi) is 4.78. The Balaban J connectivity index is 2.05. The molecule has 1 N–H and O–H groups in total. The molecule has 0 aromatic heterocycles. The van der Waals surface area contributed by atoms with Gasteiger partial charge in [-0.2, -0.15) is 5.26 Å². The first-order chi connectivity index (χ1) is 9.15. The predicted molar refractivity (Wildman–Crippen MR) is 72.3 cm³/mol. The summed E-state index contributed by atoms with van der Waals surface area (Å²) in [5.41, 5.74) is 0.258. The van der Waals surface area contributed by atoms with Crippen LogP contribution in [-0.2, 0) is 0 Å². The highest BCUT2D eigenvalue weighted by Gasteiger charge is 2.23. The molecule has 1 aromatic carbocycles. The molecule has 0 amide bonds. The Hall–Kier alpha value is -1.12. The minimum atomic E-state index is -0.525. The van der Waals surface area contributed by atoms with Gasteiger partial charge in [0.25, 0.3) is 0 Å². The third-order valence-corrected chi connectivity index (χ3v) is 4.29. The number of hydrogen-bond acceptors (Lipinski definition) is 3. The van der Waals surface area contributed by atoms with Crippen molar-refractivity contribution in [1.82, 2.24) is 0 Å². The molecule has 1 aliphatic rings. The van der Waals surface area contributed by atoms with Crippen LogP contribution in [0.1, 0.15) is 31.2 Å². The van der Waals surface area contributed by atoms with Crippen LogP contribution in [0.15, 0.2) is 16.6 Å². The van der Waals surface area contributed by atoms with Gasteiger partial charge in [-0.1, -0.05) is 0 Å². The van der Waals surface area contributed by atoms with Crippen molar-refractivity contribution in [3.63, 3.8) is 0 Å². The number of benzene rings is 1. The molecule has 19 heavy (non-hydrogen) atoms. The van der Waals surface area contributed by atoms with Gasteiger partial charge in [0.2, 0.25) is 0 Å². The zero-order valence-electron chi connectivity index (χ0n) is 10.4. The number of nitriles is 1. The van der Waals surface area contributed by atoms with Gasteiger partial charge in [0, 0.05) is 6.61 Å². The quantitative estimate of drug-likeness (QED) is 0.925. The lowest BCUT2D eigenvalue weighted by atomic mass is 9.88. The van der Waals surface area contributed by atoms with E-state index in [1.54, 1.807) is 6.07 Å². The lowest BCUT2D eigenvalue weighted by Gasteiger charge is -2.28. The van der Waals surface area contributed by atoms with Gasteiger partial charge in [0.1, 0.15) is 6.07 Å². The maximum Gasteiger partial charge on any atom is 0.180 e. The molecule has 2 rings (SSSR count). The van der Waals surface area contributed by atoms with E-state index in [1.165, 1.54) is 6.07 Å². The summed E-state index contributed by atoms with van der Waals surface area (Å²) >= 11 is 3.07. The Labute approximate surface area is 120 Å². The molecule has 0 heterocycles. The van der Waals surface area contributed by atoms with E-state index in [-0.39, 0.29) is 28.5 Å². The van der Waals surface area contributed by atoms with Gasteiger partial charge in [-0.25, -0.2) is 4.39 Å². The Morgan fingerprint density at radius 1 is 1.37 bits per heavy atom. The normalized spacial score (nSPS) is 22.8. The standard InChI is InChI=1S/C14H15BrFNO2/c15-13-10(7-17)3-6-12(14(13)16)19-11-4-1-9(8-18)2-5-11/h3,6,9,11,18H,1-2,4-5,8H2. The highest BCUT2D eigenvalue weighted by atomic mass is 79.9. The topological polar surface area (TPSA) is 53.2 Å². The third-order valence-electron chi connectivity index (χ3n) is 3.51. The van der Waals surface area contributed by atoms with Crippen molar-refractivity contribution in [3.05, 3.63) is 28.0 Å². The van der Waals surface area contributed by atoms with Crippen LogP contribution >= 0.6 is 15.9 Å². The number of hydrogen-bond donors (Lipinski definition) is 1. The van der Waals surface area contributed by atoms with Crippen molar-refractivity contribution in [2.75, 3.05) is 6.61 Å². The number of aliphatic hydroxyl groups excluding tert-OH is 1. The molecule has 0 saturated heterocycles. The second-order valence-electron chi connectivity index (χ2n) is 4.79. The molecule has 0 unspecified atom stereocenters. The lowest BCUT2D eigenvalue weighted by molar-refractivity contribution is 0.101. The van der Waals surface area contributed by atoms with Crippen molar-refractivity contribution < 1.29 is 14.2 Å². The molecule has 102 valence electrons. The molecule has 0 bridgehead atoms. The summed E-state index contributed by atoms with van der Waals surface area (Å²) in [5.74, 6) is -0.000877. The molecule has 1 aliphatic carbocycles.